The van der Waals surface area contributed by atoms with Gasteiger partial charge in [0, 0.05) is 36.8 Å². The molecular weight excluding hydrogens is 335 g/mol. The summed E-state index contributed by atoms with van der Waals surface area (Å²) in [5.74, 6) is 0.0272. The maximum absolute atomic E-state index is 11.8. The highest BCUT2D eigenvalue weighted by Gasteiger charge is 2.16. The highest BCUT2D eigenvalue weighted by molar-refractivity contribution is 7.15. The number of amides is 1. The molecule has 2 aromatic rings. The number of morpholine rings is 1. The fourth-order valence-corrected chi connectivity index (χ4v) is 2.82. The number of carbonyl (C=O) groups excluding carboxylic acids is 1. The van der Waals surface area contributed by atoms with E-state index in [-0.39, 0.29) is 36.8 Å². The van der Waals surface area contributed by atoms with Crippen molar-refractivity contribution in [3.63, 3.8) is 0 Å². The van der Waals surface area contributed by atoms with Crippen molar-refractivity contribution in [3.8, 4) is 0 Å². The van der Waals surface area contributed by atoms with Crippen molar-refractivity contribution in [2.75, 3.05) is 19.8 Å². The Morgan fingerprint density at radius 3 is 3.14 bits per heavy atom. The molecule has 1 unspecified atom stereocenters. The number of aromatic nitrogens is 2. The van der Waals surface area contributed by atoms with Crippen LogP contribution in [0.25, 0.3) is 4.96 Å². The van der Waals surface area contributed by atoms with Crippen LogP contribution in [0.4, 0.5) is 0 Å². The van der Waals surface area contributed by atoms with Gasteiger partial charge < -0.3 is 15.4 Å². The number of fused-ring (bicyclic) bond motifs is 1. The molecule has 1 amide bonds. The van der Waals surface area contributed by atoms with Gasteiger partial charge in [0.2, 0.25) is 5.91 Å². The third-order valence-corrected chi connectivity index (χ3v) is 3.81. The van der Waals surface area contributed by atoms with E-state index in [9.17, 15) is 4.79 Å². The van der Waals surface area contributed by atoms with Gasteiger partial charge in [0.05, 0.1) is 25.5 Å². The molecule has 0 aliphatic carbocycles. The van der Waals surface area contributed by atoms with Crippen molar-refractivity contribution < 1.29 is 9.53 Å². The lowest BCUT2D eigenvalue weighted by Gasteiger charge is -2.23. The Morgan fingerprint density at radius 2 is 2.43 bits per heavy atom. The van der Waals surface area contributed by atoms with Crippen LogP contribution in [0.5, 0.6) is 0 Å². The molecule has 1 atom stereocenters. The van der Waals surface area contributed by atoms with E-state index in [1.807, 2.05) is 22.2 Å². The number of hydrogen-bond acceptors (Lipinski definition) is 5. The molecular formula is C12H18Cl2N4O2S. The van der Waals surface area contributed by atoms with E-state index in [0.717, 1.165) is 23.8 Å². The highest BCUT2D eigenvalue weighted by Crippen LogP contribution is 2.11. The van der Waals surface area contributed by atoms with Gasteiger partial charge in [-0.2, -0.15) is 0 Å². The Balaban J connectivity index is 0.00000110. The quantitative estimate of drug-likeness (QED) is 0.868. The molecule has 0 radical (unpaired) electrons. The molecule has 2 N–H and O–H groups in total. The van der Waals surface area contributed by atoms with Gasteiger partial charge in [0.1, 0.15) is 0 Å². The molecule has 0 saturated carbocycles. The van der Waals surface area contributed by atoms with Gasteiger partial charge in [-0.1, -0.05) is 0 Å². The first kappa shape index (κ1) is 18.2. The summed E-state index contributed by atoms with van der Waals surface area (Å²) in [6, 6.07) is 0.124. The van der Waals surface area contributed by atoms with Crippen LogP contribution in [0.1, 0.15) is 12.1 Å². The second-order valence-corrected chi connectivity index (χ2v) is 5.40. The third-order valence-electron chi connectivity index (χ3n) is 3.04. The fourth-order valence-electron chi connectivity index (χ4n) is 2.10. The first-order chi connectivity index (χ1) is 9.31. The molecule has 1 fully saturated rings. The van der Waals surface area contributed by atoms with Gasteiger partial charge in [0.25, 0.3) is 0 Å². The smallest absolute Gasteiger partial charge is 0.221 e. The Bertz CT molecular complexity index is 540. The molecule has 3 rings (SSSR count). The van der Waals surface area contributed by atoms with Gasteiger partial charge in [-0.15, -0.1) is 36.2 Å². The zero-order chi connectivity index (χ0) is 13.1. The lowest BCUT2D eigenvalue weighted by molar-refractivity contribution is -0.122. The summed E-state index contributed by atoms with van der Waals surface area (Å²) in [7, 11) is 0. The molecule has 0 aromatic carbocycles. The lowest BCUT2D eigenvalue weighted by atomic mass is 10.2. The van der Waals surface area contributed by atoms with Crippen molar-refractivity contribution >= 4 is 47.0 Å². The number of rotatable bonds is 4. The second-order valence-electron chi connectivity index (χ2n) is 4.53. The van der Waals surface area contributed by atoms with E-state index in [0.29, 0.717) is 19.6 Å². The van der Waals surface area contributed by atoms with E-state index in [2.05, 4.69) is 15.6 Å². The first-order valence-corrected chi connectivity index (χ1v) is 7.18. The average Bonchev–Trinajstić information content (AvgIpc) is 2.98. The number of nitrogens with zero attached hydrogens (tertiary/aromatic N) is 2. The highest BCUT2D eigenvalue weighted by atomic mass is 35.5. The van der Waals surface area contributed by atoms with Crippen LogP contribution in [-0.4, -0.2) is 41.1 Å². The van der Waals surface area contributed by atoms with Crippen LogP contribution in [0.15, 0.2) is 17.8 Å². The van der Waals surface area contributed by atoms with Gasteiger partial charge in [-0.3, -0.25) is 9.20 Å². The van der Waals surface area contributed by atoms with Gasteiger partial charge >= 0.3 is 0 Å². The number of hydrogen-bond donors (Lipinski definition) is 2. The van der Waals surface area contributed by atoms with E-state index in [1.165, 1.54) is 0 Å². The fraction of sp³-hybridized carbons (Fsp3) is 0.500. The minimum atomic E-state index is 0. The summed E-state index contributed by atoms with van der Waals surface area (Å²) < 4.78 is 7.28. The topological polar surface area (TPSA) is 67.7 Å². The summed E-state index contributed by atoms with van der Waals surface area (Å²) in [6.07, 6.45) is 4.35. The third kappa shape index (κ3) is 4.82. The first-order valence-electron chi connectivity index (χ1n) is 6.30. The Labute approximate surface area is 139 Å². The zero-order valence-electron chi connectivity index (χ0n) is 11.3. The molecule has 3 heterocycles. The summed E-state index contributed by atoms with van der Waals surface area (Å²) in [5.41, 5.74) is 0.882. The number of thiazole rings is 1. The Kier molecular flexibility index (Phi) is 7.41. The summed E-state index contributed by atoms with van der Waals surface area (Å²) in [4.78, 5) is 17.2. The van der Waals surface area contributed by atoms with Crippen molar-refractivity contribution in [1.29, 1.82) is 0 Å². The predicted octanol–water partition coefficient (Wildman–Crippen LogP) is 1.23. The molecule has 0 bridgehead atoms. The number of imidazole rings is 1. The van der Waals surface area contributed by atoms with Crippen molar-refractivity contribution in [1.82, 2.24) is 20.0 Å². The maximum atomic E-state index is 11.8. The lowest BCUT2D eigenvalue weighted by Crippen LogP contribution is -2.44. The Morgan fingerprint density at radius 1 is 1.57 bits per heavy atom. The number of carbonyl (C=O) groups is 1. The van der Waals surface area contributed by atoms with Crippen molar-refractivity contribution in [3.05, 3.63) is 23.5 Å². The van der Waals surface area contributed by atoms with Crippen molar-refractivity contribution in [2.24, 2.45) is 0 Å². The molecule has 1 aliphatic heterocycles. The molecule has 1 aliphatic rings. The monoisotopic (exact) mass is 352 g/mol. The SMILES string of the molecule is Cl.Cl.O=C(CC1COCCN1)NCc1cn2ccsc2n1. The predicted molar refractivity (Wildman–Crippen MR) is 86.6 cm³/mol. The zero-order valence-corrected chi connectivity index (χ0v) is 13.7. The maximum Gasteiger partial charge on any atom is 0.221 e. The van der Waals surface area contributed by atoms with Gasteiger partial charge in [-0.05, 0) is 0 Å². The minimum Gasteiger partial charge on any atom is -0.378 e. The van der Waals surface area contributed by atoms with E-state index in [4.69, 9.17) is 4.74 Å². The van der Waals surface area contributed by atoms with E-state index in [1.54, 1.807) is 11.3 Å². The molecule has 1 saturated heterocycles. The second kappa shape index (κ2) is 8.55. The standard InChI is InChI=1S/C12H16N4O2S.2ClH/c17-11(5-9-8-18-3-1-13-9)14-6-10-7-16-2-4-19-12(16)15-10;;/h2,4,7,9,13H,1,3,5-6,8H2,(H,14,17);2*1H. The van der Waals surface area contributed by atoms with Crippen LogP contribution in [0.2, 0.25) is 0 Å². The molecule has 118 valence electrons. The average molecular weight is 353 g/mol. The summed E-state index contributed by atoms with van der Waals surface area (Å²) >= 11 is 1.58. The summed E-state index contributed by atoms with van der Waals surface area (Å²) in [5, 5.41) is 8.14. The van der Waals surface area contributed by atoms with Crippen LogP contribution >= 0.6 is 36.2 Å². The Hall–Kier alpha value is -0.860. The van der Waals surface area contributed by atoms with E-state index >= 15 is 0 Å². The van der Waals surface area contributed by atoms with Crippen molar-refractivity contribution in [2.45, 2.75) is 19.0 Å². The minimum absolute atomic E-state index is 0. The molecule has 2 aromatic heterocycles. The number of ether oxygens (including phenoxy) is 1. The number of halogens is 2. The van der Waals surface area contributed by atoms with Gasteiger partial charge in [-0.25, -0.2) is 4.98 Å². The van der Waals surface area contributed by atoms with Crippen LogP contribution in [0.3, 0.4) is 0 Å². The molecule has 6 nitrogen and oxygen atoms in total. The molecule has 0 spiro atoms. The molecule has 21 heavy (non-hydrogen) atoms. The van der Waals surface area contributed by atoms with Gasteiger partial charge in [0.15, 0.2) is 4.96 Å². The van der Waals surface area contributed by atoms with Crippen LogP contribution < -0.4 is 10.6 Å². The summed E-state index contributed by atoms with van der Waals surface area (Å²) in [6.45, 7) is 2.62. The molecule has 9 heteroatoms. The number of nitrogens with one attached hydrogen (secondary N) is 2. The van der Waals surface area contributed by atoms with Crippen LogP contribution in [-0.2, 0) is 16.1 Å². The largest absolute Gasteiger partial charge is 0.378 e. The van der Waals surface area contributed by atoms with E-state index < -0.39 is 0 Å². The van der Waals surface area contributed by atoms with Crippen LogP contribution in [0, 0.1) is 0 Å². The normalized spacial score (nSPS) is 17.8.